The minimum absolute atomic E-state index is 0.105. The Morgan fingerprint density at radius 3 is 2.62 bits per heavy atom. The number of thiazole rings is 1. The molecule has 222 valence electrons. The van der Waals surface area contributed by atoms with Crippen molar-refractivity contribution in [2.75, 3.05) is 50.0 Å². The molecule has 3 N–H and O–H groups in total. The normalized spacial score (nSPS) is 15.6. The van der Waals surface area contributed by atoms with Crippen LogP contribution < -0.4 is 20.2 Å². The van der Waals surface area contributed by atoms with Crippen molar-refractivity contribution in [1.82, 2.24) is 24.1 Å². The van der Waals surface area contributed by atoms with Crippen molar-refractivity contribution in [3.63, 3.8) is 0 Å². The van der Waals surface area contributed by atoms with Crippen LogP contribution in [0.5, 0.6) is 5.75 Å². The molecular formula is C26H25F4N7O4S. The lowest BCUT2D eigenvalue weighted by Crippen LogP contribution is -2.47. The largest absolute Gasteiger partial charge is 0.490 e. The molecule has 1 aliphatic rings. The van der Waals surface area contributed by atoms with Crippen LogP contribution in [0, 0.1) is 5.82 Å². The zero-order valence-corrected chi connectivity index (χ0v) is 22.7. The molecule has 1 fully saturated rings. The van der Waals surface area contributed by atoms with Crippen LogP contribution in [-0.4, -0.2) is 80.8 Å². The van der Waals surface area contributed by atoms with E-state index in [9.17, 15) is 22.4 Å². The van der Waals surface area contributed by atoms with Crippen LogP contribution in [0.3, 0.4) is 0 Å². The Balaban J connectivity index is 1.09. The molecule has 1 unspecified atom stereocenters. The van der Waals surface area contributed by atoms with E-state index in [4.69, 9.17) is 20.0 Å². The zero-order chi connectivity index (χ0) is 29.6. The van der Waals surface area contributed by atoms with Gasteiger partial charge in [-0.05, 0) is 30.3 Å². The first-order chi connectivity index (χ1) is 20.1. The van der Waals surface area contributed by atoms with Gasteiger partial charge in [0.25, 0.3) is 0 Å². The van der Waals surface area contributed by atoms with Gasteiger partial charge in [0.2, 0.25) is 5.95 Å². The monoisotopic (exact) mass is 607 g/mol. The number of benzene rings is 1. The van der Waals surface area contributed by atoms with Gasteiger partial charge in [0.05, 0.1) is 17.5 Å². The summed E-state index contributed by atoms with van der Waals surface area (Å²) < 4.78 is 66.2. The van der Waals surface area contributed by atoms with E-state index in [1.165, 1.54) is 16.6 Å². The highest BCUT2D eigenvalue weighted by Crippen LogP contribution is 2.29. The fourth-order valence-electron chi connectivity index (χ4n) is 4.85. The average molecular weight is 608 g/mol. The van der Waals surface area contributed by atoms with E-state index >= 15 is 0 Å². The van der Waals surface area contributed by atoms with E-state index in [0.29, 0.717) is 72.3 Å². The van der Waals surface area contributed by atoms with Crippen LogP contribution in [0.2, 0.25) is 0 Å². The fourth-order valence-corrected chi connectivity index (χ4v) is 5.81. The molecule has 1 aliphatic heterocycles. The molecule has 4 aromatic heterocycles. The average Bonchev–Trinajstić information content (AvgIpc) is 3.70. The second-order valence-corrected chi connectivity index (χ2v) is 10.7. The summed E-state index contributed by atoms with van der Waals surface area (Å²) in [5.41, 5.74) is 8.20. The Labute approximate surface area is 238 Å². The Hall–Kier alpha value is -4.15. The highest BCUT2D eigenvalue weighted by Gasteiger charge is 2.38. The number of nitrogens with two attached hydrogens (primary N) is 1. The summed E-state index contributed by atoms with van der Waals surface area (Å²) in [7, 11) is 0. The summed E-state index contributed by atoms with van der Waals surface area (Å²) in [6.07, 6.45) is -5.92. The number of aliphatic hydroxyl groups is 1. The minimum Gasteiger partial charge on any atom is -0.490 e. The van der Waals surface area contributed by atoms with Crippen molar-refractivity contribution >= 4 is 38.8 Å². The van der Waals surface area contributed by atoms with Gasteiger partial charge in [-0.25, -0.2) is 4.39 Å². The number of ether oxygens (including phenoxy) is 1. The van der Waals surface area contributed by atoms with Gasteiger partial charge in [-0.2, -0.15) is 27.8 Å². The minimum atomic E-state index is -4.82. The summed E-state index contributed by atoms with van der Waals surface area (Å²) >= 11 is 1.07. The number of anilines is 2. The Bertz CT molecular complexity index is 1780. The summed E-state index contributed by atoms with van der Waals surface area (Å²) in [5, 5.41) is 13.5. The topological polar surface area (TPSA) is 127 Å². The quantitative estimate of drug-likeness (QED) is 0.256. The van der Waals surface area contributed by atoms with E-state index in [1.54, 1.807) is 23.0 Å². The second-order valence-electron chi connectivity index (χ2n) is 9.76. The van der Waals surface area contributed by atoms with Gasteiger partial charge in [-0.3, -0.25) is 14.3 Å². The lowest BCUT2D eigenvalue weighted by Gasteiger charge is -2.36. The van der Waals surface area contributed by atoms with E-state index in [2.05, 4.69) is 15.0 Å². The van der Waals surface area contributed by atoms with Crippen LogP contribution in [0.25, 0.3) is 27.3 Å². The van der Waals surface area contributed by atoms with Crippen LogP contribution in [0.4, 0.5) is 29.2 Å². The molecule has 0 saturated carbocycles. The molecule has 0 spiro atoms. The molecule has 1 aromatic carbocycles. The first kappa shape index (κ1) is 28.0. The number of rotatable bonds is 8. The third-order valence-corrected chi connectivity index (χ3v) is 8.07. The van der Waals surface area contributed by atoms with Gasteiger partial charge in [-0.15, -0.1) is 0 Å². The Morgan fingerprint density at radius 2 is 1.93 bits per heavy atom. The Kier molecular flexibility index (Phi) is 7.28. The molecule has 1 saturated heterocycles. The second kappa shape index (κ2) is 10.9. The highest BCUT2D eigenvalue weighted by atomic mass is 32.1. The van der Waals surface area contributed by atoms with Crippen molar-refractivity contribution in [3.8, 4) is 17.2 Å². The zero-order valence-electron chi connectivity index (χ0n) is 21.9. The summed E-state index contributed by atoms with van der Waals surface area (Å²) in [4.78, 5) is 21.2. The first-order valence-electron chi connectivity index (χ1n) is 13.0. The van der Waals surface area contributed by atoms with Crippen molar-refractivity contribution in [1.29, 1.82) is 0 Å². The molecular weight excluding hydrogens is 582 g/mol. The third kappa shape index (κ3) is 5.39. The molecule has 42 heavy (non-hydrogen) atoms. The van der Waals surface area contributed by atoms with E-state index in [-0.39, 0.29) is 16.6 Å². The number of furan rings is 1. The Morgan fingerprint density at radius 1 is 1.14 bits per heavy atom. The molecule has 0 amide bonds. The van der Waals surface area contributed by atoms with Crippen LogP contribution >= 0.6 is 11.3 Å². The third-order valence-electron chi connectivity index (χ3n) is 7.08. The van der Waals surface area contributed by atoms with Gasteiger partial charge in [0.1, 0.15) is 28.6 Å². The van der Waals surface area contributed by atoms with Crippen molar-refractivity contribution in [3.05, 3.63) is 58.1 Å². The molecule has 5 aromatic rings. The van der Waals surface area contributed by atoms with E-state index in [1.807, 2.05) is 11.0 Å². The number of aliphatic hydroxyl groups excluding tert-OH is 1. The molecule has 6 rings (SSSR count). The van der Waals surface area contributed by atoms with Gasteiger partial charge in [0, 0.05) is 45.3 Å². The van der Waals surface area contributed by atoms with Crippen LogP contribution in [-0.2, 0) is 6.54 Å². The van der Waals surface area contributed by atoms with Crippen molar-refractivity contribution < 1.29 is 31.8 Å². The van der Waals surface area contributed by atoms with Crippen LogP contribution in [0.15, 0.2) is 51.9 Å². The maximum absolute atomic E-state index is 14.8. The number of nitrogen functional groups attached to an aromatic ring is 1. The molecule has 0 aliphatic carbocycles. The molecule has 0 radical (unpaired) electrons. The lowest BCUT2D eigenvalue weighted by molar-refractivity contribution is -0.210. The van der Waals surface area contributed by atoms with Gasteiger partial charge in [-0.1, -0.05) is 11.3 Å². The van der Waals surface area contributed by atoms with Gasteiger partial charge < -0.3 is 24.9 Å². The van der Waals surface area contributed by atoms with Gasteiger partial charge >= 0.3 is 11.0 Å². The van der Waals surface area contributed by atoms with E-state index < -0.39 is 24.7 Å². The number of alkyl halides is 3. The first-order valence-corrected chi connectivity index (χ1v) is 13.8. The van der Waals surface area contributed by atoms with Crippen molar-refractivity contribution in [2.24, 2.45) is 0 Å². The maximum atomic E-state index is 14.8. The van der Waals surface area contributed by atoms with Crippen molar-refractivity contribution in [2.45, 2.75) is 18.8 Å². The number of nitrogens with zero attached hydrogens (tertiary/aromatic N) is 6. The number of aromatic nitrogens is 4. The predicted molar refractivity (Wildman–Crippen MR) is 147 cm³/mol. The molecule has 11 nitrogen and oxygen atoms in total. The van der Waals surface area contributed by atoms with Gasteiger partial charge in [0.15, 0.2) is 17.5 Å². The number of hydrogen-bond donors (Lipinski definition) is 2. The molecule has 16 heteroatoms. The fraction of sp³-hybridized carbons (Fsp3) is 0.346. The van der Waals surface area contributed by atoms with E-state index in [0.717, 1.165) is 17.4 Å². The number of hydrogen-bond acceptors (Lipinski definition) is 10. The lowest BCUT2D eigenvalue weighted by atomic mass is 10.2. The molecule has 0 bridgehead atoms. The number of halogens is 4. The van der Waals surface area contributed by atoms with Crippen LogP contribution in [0.1, 0.15) is 0 Å². The molecule has 1 atom stereocenters. The number of fused-ring (bicyclic) bond motifs is 3. The summed E-state index contributed by atoms with van der Waals surface area (Å²) in [6, 6.07) is 9.17. The summed E-state index contributed by atoms with van der Waals surface area (Å²) in [6.45, 7) is 2.11. The smallest absolute Gasteiger partial charge is 0.417 e. The molecule has 5 heterocycles. The SMILES string of the molecule is Nc1nc2c(sc(=O)n2CCN2CCN(c3ccc(OCC(O)C(F)(F)F)cc3F)CC2)c2cc(-c3ccco3)nn12. The maximum Gasteiger partial charge on any atom is 0.417 e. The standard InChI is InChI=1S/C26H25F4N7O4S/c27-16-12-15(41-14-21(38)26(28,29)30)3-4-18(16)35-8-5-34(6-9-35)7-10-36-23-22(42-25(36)39)19-13-17(20-2-1-11-40-20)33-37(19)24(31)32-23/h1-4,11-13,21,38H,5-10,14H2,(H2,31,32). The predicted octanol–water partition coefficient (Wildman–Crippen LogP) is 3.21. The highest BCUT2D eigenvalue weighted by molar-refractivity contribution is 7.17. The number of piperazine rings is 1. The summed E-state index contributed by atoms with van der Waals surface area (Å²) in [5.74, 6) is -0.0254.